The van der Waals surface area contributed by atoms with Gasteiger partial charge < -0.3 is 20.3 Å². The number of carboxylic acid groups (broad SMARTS) is 3. The number of carboxylic acids is 3. The molecule has 0 bridgehead atoms. The van der Waals surface area contributed by atoms with Crippen LogP contribution in [0.4, 0.5) is 0 Å². The topological polar surface area (TPSA) is 128 Å². The highest BCUT2D eigenvalue weighted by molar-refractivity contribution is 6.08. The first-order valence-corrected chi connectivity index (χ1v) is 3.36. The van der Waals surface area contributed by atoms with Crippen molar-refractivity contribution in [3.63, 3.8) is 0 Å². The molecule has 0 spiro atoms. The van der Waals surface area contributed by atoms with Crippen LogP contribution in [0.2, 0.25) is 0 Å². The Labute approximate surface area is 76.6 Å². The number of rotatable bonds is 3. The highest BCUT2D eigenvalue weighted by Crippen LogP contribution is 2.14. The van der Waals surface area contributed by atoms with Crippen molar-refractivity contribution >= 4 is 17.9 Å². The van der Waals surface area contributed by atoms with E-state index in [-0.39, 0.29) is 0 Å². The summed E-state index contributed by atoms with van der Waals surface area (Å²) in [6, 6.07) is 0. The van der Waals surface area contributed by atoms with Crippen molar-refractivity contribution in [1.82, 2.24) is 4.98 Å². The molecule has 0 unspecified atom stereocenters. The van der Waals surface area contributed by atoms with E-state index in [1.165, 1.54) is 0 Å². The first-order valence-electron chi connectivity index (χ1n) is 3.36. The highest BCUT2D eigenvalue weighted by atomic mass is 16.4. The molecule has 0 saturated heterocycles. The molecular weight excluding hydrogens is 194 g/mol. The molecule has 0 aromatic carbocycles. The molecule has 1 heterocycles. The zero-order valence-corrected chi connectivity index (χ0v) is 6.64. The molecule has 74 valence electrons. The second-order valence-corrected chi connectivity index (χ2v) is 2.37. The predicted octanol–water partition coefficient (Wildman–Crippen LogP) is 0.109. The van der Waals surface area contributed by atoms with Gasteiger partial charge in [0.05, 0.1) is 5.56 Å². The second-order valence-electron chi connectivity index (χ2n) is 2.37. The minimum absolute atomic E-state index is 0.574. The lowest BCUT2D eigenvalue weighted by Gasteiger charge is -1.94. The van der Waals surface area contributed by atoms with Crippen LogP contribution >= 0.6 is 0 Å². The predicted molar refractivity (Wildman–Crippen MR) is 41.7 cm³/mol. The SMILES string of the molecule is O=C(O)c1c[nH]c(C(=O)O)c1C(=O)O. The molecule has 1 aromatic heterocycles. The fourth-order valence-electron chi connectivity index (χ4n) is 0.983. The molecule has 7 nitrogen and oxygen atoms in total. The average Bonchev–Trinajstić information content (AvgIpc) is 2.46. The number of nitrogens with one attached hydrogen (secondary N) is 1. The standard InChI is InChI=1S/C7H5NO6/c9-5(10)2-1-8-4(7(13)14)3(2)6(11)12/h1,8H,(H,9,10)(H,11,12)(H,13,14). The minimum Gasteiger partial charge on any atom is -0.478 e. The van der Waals surface area contributed by atoms with Crippen molar-refractivity contribution in [1.29, 1.82) is 0 Å². The van der Waals surface area contributed by atoms with Gasteiger partial charge in [0.1, 0.15) is 11.3 Å². The summed E-state index contributed by atoms with van der Waals surface area (Å²) in [5.74, 6) is -4.61. The van der Waals surface area contributed by atoms with Gasteiger partial charge in [-0.05, 0) is 0 Å². The monoisotopic (exact) mass is 199 g/mol. The Morgan fingerprint density at radius 2 is 1.57 bits per heavy atom. The number of aromatic nitrogens is 1. The van der Waals surface area contributed by atoms with Crippen LogP contribution in [0.3, 0.4) is 0 Å². The Morgan fingerprint density at radius 1 is 1.00 bits per heavy atom. The van der Waals surface area contributed by atoms with Gasteiger partial charge in [-0.15, -0.1) is 0 Å². The average molecular weight is 199 g/mol. The molecular formula is C7H5NO6. The Bertz CT molecular complexity index is 386. The molecule has 1 aromatic rings. The van der Waals surface area contributed by atoms with E-state index in [1.807, 2.05) is 0 Å². The molecule has 1 rings (SSSR count). The van der Waals surface area contributed by atoms with Gasteiger partial charge >= 0.3 is 17.9 Å². The van der Waals surface area contributed by atoms with Crippen LogP contribution in [0.25, 0.3) is 0 Å². The number of aromatic amines is 1. The minimum atomic E-state index is -1.60. The lowest BCUT2D eigenvalue weighted by Crippen LogP contribution is -2.10. The molecule has 0 saturated carbocycles. The van der Waals surface area contributed by atoms with Crippen LogP contribution in [0, 0.1) is 0 Å². The molecule has 0 amide bonds. The van der Waals surface area contributed by atoms with Crippen LogP contribution in [0.5, 0.6) is 0 Å². The number of H-pyrrole nitrogens is 1. The lowest BCUT2D eigenvalue weighted by atomic mass is 10.1. The molecule has 0 aliphatic rings. The first kappa shape index (κ1) is 9.78. The van der Waals surface area contributed by atoms with E-state index in [0.717, 1.165) is 6.20 Å². The molecule has 7 heteroatoms. The molecule has 4 N–H and O–H groups in total. The van der Waals surface area contributed by atoms with Gasteiger partial charge in [0, 0.05) is 6.20 Å². The summed E-state index contributed by atoms with van der Waals surface area (Å²) in [5, 5.41) is 25.6. The summed E-state index contributed by atoms with van der Waals surface area (Å²) in [6.45, 7) is 0. The van der Waals surface area contributed by atoms with Crippen LogP contribution in [0.1, 0.15) is 31.2 Å². The maximum atomic E-state index is 10.6. The summed E-state index contributed by atoms with van der Waals surface area (Å²) in [7, 11) is 0. The third-order valence-electron chi connectivity index (χ3n) is 1.54. The van der Waals surface area contributed by atoms with Crippen LogP contribution < -0.4 is 0 Å². The van der Waals surface area contributed by atoms with Gasteiger partial charge in [0.2, 0.25) is 0 Å². The highest BCUT2D eigenvalue weighted by Gasteiger charge is 2.25. The summed E-state index contributed by atoms with van der Waals surface area (Å²) in [6.07, 6.45) is 0.829. The Morgan fingerprint density at radius 3 is 1.93 bits per heavy atom. The Hall–Kier alpha value is -2.31. The molecule has 14 heavy (non-hydrogen) atoms. The lowest BCUT2D eigenvalue weighted by molar-refractivity contribution is 0.0634. The van der Waals surface area contributed by atoms with Crippen molar-refractivity contribution in [2.75, 3.05) is 0 Å². The number of carbonyl (C=O) groups is 3. The van der Waals surface area contributed by atoms with Gasteiger partial charge in [0.25, 0.3) is 0 Å². The molecule has 0 aliphatic carbocycles. The number of hydrogen-bond acceptors (Lipinski definition) is 3. The first-order chi connectivity index (χ1) is 6.45. The largest absolute Gasteiger partial charge is 0.478 e. The van der Waals surface area contributed by atoms with Crippen LogP contribution in [0.15, 0.2) is 6.20 Å². The number of hydrogen-bond donors (Lipinski definition) is 4. The molecule has 0 fully saturated rings. The van der Waals surface area contributed by atoms with E-state index < -0.39 is 34.7 Å². The van der Waals surface area contributed by atoms with Gasteiger partial charge in [-0.25, -0.2) is 14.4 Å². The Kier molecular flexibility index (Phi) is 2.24. The zero-order chi connectivity index (χ0) is 10.9. The summed E-state index contributed by atoms with van der Waals surface area (Å²) >= 11 is 0. The summed E-state index contributed by atoms with van der Waals surface area (Å²) in [4.78, 5) is 33.6. The van der Waals surface area contributed by atoms with Crippen LogP contribution in [-0.4, -0.2) is 38.2 Å². The van der Waals surface area contributed by atoms with Crippen molar-refractivity contribution in [3.8, 4) is 0 Å². The number of aromatic carboxylic acids is 3. The molecule has 0 atom stereocenters. The Balaban J connectivity index is 3.42. The van der Waals surface area contributed by atoms with Crippen molar-refractivity contribution in [2.45, 2.75) is 0 Å². The van der Waals surface area contributed by atoms with Gasteiger partial charge in [-0.1, -0.05) is 0 Å². The van der Waals surface area contributed by atoms with E-state index >= 15 is 0 Å². The second kappa shape index (κ2) is 3.21. The fourth-order valence-corrected chi connectivity index (χ4v) is 0.983. The maximum absolute atomic E-state index is 10.6. The van der Waals surface area contributed by atoms with Crippen molar-refractivity contribution in [3.05, 3.63) is 23.0 Å². The molecule has 0 radical (unpaired) electrons. The maximum Gasteiger partial charge on any atom is 0.353 e. The third kappa shape index (κ3) is 1.42. The van der Waals surface area contributed by atoms with E-state index in [4.69, 9.17) is 15.3 Å². The van der Waals surface area contributed by atoms with Gasteiger partial charge in [-0.2, -0.15) is 0 Å². The van der Waals surface area contributed by atoms with E-state index in [1.54, 1.807) is 0 Å². The fraction of sp³-hybridized carbons (Fsp3) is 0. The van der Waals surface area contributed by atoms with Crippen molar-refractivity contribution < 1.29 is 29.7 Å². The normalized spacial score (nSPS) is 9.71. The third-order valence-corrected chi connectivity index (χ3v) is 1.54. The van der Waals surface area contributed by atoms with Crippen molar-refractivity contribution in [2.24, 2.45) is 0 Å². The van der Waals surface area contributed by atoms with E-state index in [9.17, 15) is 14.4 Å². The van der Waals surface area contributed by atoms with E-state index in [0.29, 0.717) is 0 Å². The molecule has 0 aliphatic heterocycles. The zero-order valence-electron chi connectivity index (χ0n) is 6.64. The summed E-state index contributed by atoms with van der Waals surface area (Å²) < 4.78 is 0. The van der Waals surface area contributed by atoms with Gasteiger partial charge in [-0.3, -0.25) is 0 Å². The quantitative estimate of drug-likeness (QED) is 0.546. The van der Waals surface area contributed by atoms with Gasteiger partial charge in [0.15, 0.2) is 0 Å². The van der Waals surface area contributed by atoms with E-state index in [2.05, 4.69) is 4.98 Å². The summed E-state index contributed by atoms with van der Waals surface area (Å²) in [5.41, 5.74) is -1.96. The smallest absolute Gasteiger partial charge is 0.353 e. The van der Waals surface area contributed by atoms with Crippen LogP contribution in [-0.2, 0) is 0 Å².